The molecule has 3 aliphatic rings. The van der Waals surface area contributed by atoms with E-state index in [9.17, 15) is 19.8 Å². The molecule has 37 heavy (non-hydrogen) atoms. The van der Waals surface area contributed by atoms with Crippen LogP contribution >= 0.6 is 23.2 Å². The zero-order valence-electron chi connectivity index (χ0n) is 20.0. The van der Waals surface area contributed by atoms with Gasteiger partial charge in [-0.15, -0.1) is 0 Å². The minimum Gasteiger partial charge on any atom is -0.486 e. The van der Waals surface area contributed by atoms with Gasteiger partial charge in [0, 0.05) is 30.8 Å². The van der Waals surface area contributed by atoms with Gasteiger partial charge in [-0.2, -0.15) is 0 Å². The topological polar surface area (TPSA) is 108 Å². The van der Waals surface area contributed by atoms with Crippen molar-refractivity contribution >= 4 is 35.0 Å². The van der Waals surface area contributed by atoms with E-state index >= 15 is 0 Å². The maximum atomic E-state index is 13.7. The summed E-state index contributed by atoms with van der Waals surface area (Å²) in [5, 5.41) is 24.3. The summed E-state index contributed by atoms with van der Waals surface area (Å²) in [4.78, 5) is 28.5. The van der Waals surface area contributed by atoms with Gasteiger partial charge in [-0.25, -0.2) is 0 Å². The van der Waals surface area contributed by atoms with Crippen LogP contribution < -0.4 is 10.1 Å². The van der Waals surface area contributed by atoms with Crippen LogP contribution in [0.3, 0.4) is 0 Å². The van der Waals surface area contributed by atoms with Crippen molar-refractivity contribution in [3.63, 3.8) is 0 Å². The minimum absolute atomic E-state index is 0.0745. The zero-order valence-corrected chi connectivity index (χ0v) is 21.5. The molecule has 0 aromatic heterocycles. The molecule has 5 atom stereocenters. The van der Waals surface area contributed by atoms with Crippen LogP contribution in [0.15, 0.2) is 54.1 Å². The number of carbonyl (C=O) groups is 2. The van der Waals surface area contributed by atoms with E-state index in [0.717, 1.165) is 12.0 Å². The molecular weight excluding hydrogens is 519 g/mol. The molecule has 5 unspecified atom stereocenters. The average Bonchev–Trinajstić information content (AvgIpc) is 3.57. The number of aliphatic hydroxyl groups excluding tert-OH is 2. The van der Waals surface area contributed by atoms with Gasteiger partial charge in [0.05, 0.1) is 28.6 Å². The highest BCUT2D eigenvalue weighted by molar-refractivity contribution is 6.42. The Kier molecular flexibility index (Phi) is 7.74. The monoisotopic (exact) mass is 546 g/mol. The molecule has 1 fully saturated rings. The highest BCUT2D eigenvalue weighted by Gasteiger charge is 2.51. The lowest BCUT2D eigenvalue weighted by Crippen LogP contribution is -2.57. The first kappa shape index (κ1) is 26.0. The van der Waals surface area contributed by atoms with Crippen LogP contribution in [-0.2, 0) is 20.9 Å². The quantitative estimate of drug-likeness (QED) is 0.492. The number of fused-ring (bicyclic) bond motifs is 3. The van der Waals surface area contributed by atoms with Crippen molar-refractivity contribution in [2.45, 2.75) is 49.7 Å². The lowest BCUT2D eigenvalue weighted by Gasteiger charge is -2.41. The van der Waals surface area contributed by atoms with Gasteiger partial charge in [0.1, 0.15) is 24.1 Å². The van der Waals surface area contributed by atoms with E-state index in [2.05, 4.69) is 5.32 Å². The predicted octanol–water partition coefficient (Wildman–Crippen LogP) is 2.82. The summed E-state index contributed by atoms with van der Waals surface area (Å²) in [7, 11) is 0. The van der Waals surface area contributed by atoms with E-state index in [0.29, 0.717) is 40.0 Å². The van der Waals surface area contributed by atoms with Crippen LogP contribution in [-0.4, -0.2) is 71.0 Å². The smallest absolute Gasteiger partial charge is 0.252 e. The molecule has 0 spiro atoms. The Bertz CT molecular complexity index is 1220. The number of benzene rings is 2. The summed E-state index contributed by atoms with van der Waals surface area (Å²) in [6.45, 7) is 0.458. The number of para-hydroxylation sites is 1. The van der Waals surface area contributed by atoms with Gasteiger partial charge >= 0.3 is 0 Å². The first-order chi connectivity index (χ1) is 17.9. The standard InChI is InChI=1S/C27H28Cl2N2O6/c28-18-8-7-15(12-19(18)29)14-31(27(35)22-6-3-11-36-22)20-13-17(26(34)30-9-10-32)23-16-4-1-2-5-21(16)37-25(23)24(20)33/h1-2,4-5,7-8,12-13,20,22-25,32-33H,3,6,9-11,14H2,(H,30,34). The number of nitrogens with one attached hydrogen (secondary N) is 1. The van der Waals surface area contributed by atoms with Gasteiger partial charge in [0.15, 0.2) is 0 Å². The fourth-order valence-corrected chi connectivity index (χ4v) is 5.63. The Morgan fingerprint density at radius 1 is 1.14 bits per heavy atom. The van der Waals surface area contributed by atoms with Crippen LogP contribution in [0.25, 0.3) is 0 Å². The molecule has 0 bridgehead atoms. The van der Waals surface area contributed by atoms with Gasteiger partial charge in [-0.05, 0) is 42.7 Å². The maximum absolute atomic E-state index is 13.7. The van der Waals surface area contributed by atoms with E-state index in [1.807, 2.05) is 18.2 Å². The molecule has 2 aromatic carbocycles. The van der Waals surface area contributed by atoms with Gasteiger partial charge in [-0.1, -0.05) is 47.5 Å². The van der Waals surface area contributed by atoms with Crippen molar-refractivity contribution in [1.82, 2.24) is 10.2 Å². The summed E-state index contributed by atoms with van der Waals surface area (Å²) >= 11 is 12.3. The molecule has 0 radical (unpaired) electrons. The van der Waals surface area contributed by atoms with E-state index in [1.54, 1.807) is 30.3 Å². The molecule has 8 nitrogen and oxygen atoms in total. The first-order valence-electron chi connectivity index (χ1n) is 12.3. The summed E-state index contributed by atoms with van der Waals surface area (Å²) in [6, 6.07) is 11.6. The molecule has 0 saturated carbocycles. The van der Waals surface area contributed by atoms with Crippen LogP contribution in [0.4, 0.5) is 0 Å². The van der Waals surface area contributed by atoms with E-state index in [4.69, 9.17) is 32.7 Å². The number of carbonyl (C=O) groups excluding carboxylic acids is 2. The molecule has 10 heteroatoms. The molecule has 1 aliphatic carbocycles. The second kappa shape index (κ2) is 11.0. The first-order valence-corrected chi connectivity index (χ1v) is 13.0. The summed E-state index contributed by atoms with van der Waals surface area (Å²) in [5.41, 5.74) is 1.88. The lowest BCUT2D eigenvalue weighted by atomic mass is 9.77. The van der Waals surface area contributed by atoms with Gasteiger partial charge in [0.25, 0.3) is 5.91 Å². The van der Waals surface area contributed by atoms with Crippen molar-refractivity contribution in [3.8, 4) is 5.75 Å². The van der Waals surface area contributed by atoms with Crippen molar-refractivity contribution in [2.24, 2.45) is 0 Å². The number of aliphatic hydroxyl groups is 2. The minimum atomic E-state index is -1.13. The third-order valence-corrected chi connectivity index (χ3v) is 7.80. The molecule has 2 amide bonds. The second-order valence-corrected chi connectivity index (χ2v) is 10.2. The SMILES string of the molecule is O=C(NCCO)C1=CC(N(Cc2ccc(Cl)c(Cl)c2)C(=O)C2CCCO2)C(O)C2Oc3ccccc3C12. The van der Waals surface area contributed by atoms with E-state index < -0.39 is 30.3 Å². The Hall–Kier alpha value is -2.62. The number of amides is 2. The van der Waals surface area contributed by atoms with Crippen LogP contribution in [0, 0.1) is 0 Å². The summed E-state index contributed by atoms with van der Waals surface area (Å²) < 4.78 is 11.8. The molecule has 1 saturated heterocycles. The van der Waals surface area contributed by atoms with E-state index in [1.165, 1.54) is 4.90 Å². The molecule has 3 N–H and O–H groups in total. The van der Waals surface area contributed by atoms with Crippen LogP contribution in [0.5, 0.6) is 5.75 Å². The predicted molar refractivity (Wildman–Crippen MR) is 138 cm³/mol. The Balaban J connectivity index is 1.56. The Labute approximate surface area is 224 Å². The van der Waals surface area contributed by atoms with Crippen molar-refractivity contribution in [1.29, 1.82) is 0 Å². The van der Waals surface area contributed by atoms with Crippen molar-refractivity contribution < 1.29 is 29.3 Å². The Morgan fingerprint density at radius 3 is 2.68 bits per heavy atom. The normalized spacial score (nSPS) is 26.1. The lowest BCUT2D eigenvalue weighted by molar-refractivity contribution is -0.147. The highest BCUT2D eigenvalue weighted by atomic mass is 35.5. The van der Waals surface area contributed by atoms with E-state index in [-0.39, 0.29) is 31.5 Å². The summed E-state index contributed by atoms with van der Waals surface area (Å²) in [6.07, 6.45) is 0.429. The second-order valence-electron chi connectivity index (χ2n) is 9.40. The third-order valence-electron chi connectivity index (χ3n) is 7.06. The summed E-state index contributed by atoms with van der Waals surface area (Å²) in [5.74, 6) is -0.612. The van der Waals surface area contributed by atoms with Crippen molar-refractivity contribution in [2.75, 3.05) is 19.8 Å². The zero-order chi connectivity index (χ0) is 26.1. The number of hydrogen-bond acceptors (Lipinski definition) is 6. The Morgan fingerprint density at radius 2 is 1.95 bits per heavy atom. The molecule has 5 rings (SSSR count). The van der Waals surface area contributed by atoms with Crippen LogP contribution in [0.1, 0.15) is 29.9 Å². The molecule has 2 heterocycles. The number of hydrogen-bond donors (Lipinski definition) is 3. The molecule has 196 valence electrons. The molecule has 2 aliphatic heterocycles. The number of halogens is 2. The largest absolute Gasteiger partial charge is 0.486 e. The fraction of sp³-hybridized carbons (Fsp3) is 0.407. The number of nitrogens with zero attached hydrogens (tertiary/aromatic N) is 1. The number of rotatable bonds is 7. The molecular formula is C27H28Cl2N2O6. The van der Waals surface area contributed by atoms with Gasteiger partial charge in [0.2, 0.25) is 5.91 Å². The van der Waals surface area contributed by atoms with Gasteiger partial charge < -0.3 is 29.9 Å². The van der Waals surface area contributed by atoms with Gasteiger partial charge in [-0.3, -0.25) is 9.59 Å². The van der Waals surface area contributed by atoms with Crippen LogP contribution in [0.2, 0.25) is 10.0 Å². The van der Waals surface area contributed by atoms with Crippen molar-refractivity contribution in [3.05, 3.63) is 75.3 Å². The molecule has 2 aromatic rings. The number of ether oxygens (including phenoxy) is 2. The maximum Gasteiger partial charge on any atom is 0.252 e. The average molecular weight is 547 g/mol. The third kappa shape index (κ3) is 5.09. The fourth-order valence-electron chi connectivity index (χ4n) is 5.31. The highest BCUT2D eigenvalue weighted by Crippen LogP contribution is 2.47.